The number of nitrogens with two attached hydrogens (primary N) is 1. The first kappa shape index (κ1) is 26.2. The van der Waals surface area contributed by atoms with E-state index >= 15 is 0 Å². The average molecular weight is 563 g/mol. The fraction of sp³-hybridized carbons (Fsp3) is 0.385. The Morgan fingerprint density at radius 1 is 1.19 bits per heavy atom. The van der Waals surface area contributed by atoms with E-state index in [1.807, 2.05) is 31.2 Å². The van der Waals surface area contributed by atoms with E-state index < -0.39 is 10.0 Å². The largest absolute Gasteiger partial charge is 0.390 e. The van der Waals surface area contributed by atoms with Crippen molar-refractivity contribution in [3.63, 3.8) is 0 Å². The first-order chi connectivity index (χ1) is 17.5. The van der Waals surface area contributed by atoms with Crippen LogP contribution in [-0.2, 0) is 23.1 Å². The number of aromatic nitrogens is 2. The Kier molecular flexibility index (Phi) is 6.87. The van der Waals surface area contributed by atoms with Gasteiger partial charge in [-0.1, -0.05) is 41.4 Å². The van der Waals surface area contributed by atoms with Crippen molar-refractivity contribution in [2.24, 2.45) is 11.1 Å². The van der Waals surface area contributed by atoms with Crippen LogP contribution in [0.3, 0.4) is 0 Å². The molecular formula is C26H29Cl2N5O3S. The molecule has 0 radical (unpaired) electrons. The van der Waals surface area contributed by atoms with Crippen LogP contribution >= 0.6 is 23.2 Å². The van der Waals surface area contributed by atoms with Gasteiger partial charge in [0.15, 0.2) is 5.82 Å². The summed E-state index contributed by atoms with van der Waals surface area (Å²) in [6, 6.07) is 10.8. The molecule has 1 saturated heterocycles. The van der Waals surface area contributed by atoms with Crippen LogP contribution in [-0.4, -0.2) is 42.8 Å². The molecule has 8 nitrogen and oxygen atoms in total. The molecule has 11 heteroatoms. The van der Waals surface area contributed by atoms with Gasteiger partial charge in [-0.3, -0.25) is 4.72 Å². The molecule has 1 aromatic heterocycles. The van der Waals surface area contributed by atoms with Crippen molar-refractivity contribution in [1.82, 2.24) is 9.97 Å². The molecule has 1 fully saturated rings. The van der Waals surface area contributed by atoms with Gasteiger partial charge in [-0.25, -0.2) is 18.4 Å². The summed E-state index contributed by atoms with van der Waals surface area (Å²) in [5.74, 6) is 0.667. The molecule has 2 aliphatic rings. The third-order valence-electron chi connectivity index (χ3n) is 7.52. The highest BCUT2D eigenvalue weighted by molar-refractivity contribution is 7.92. The molecule has 0 saturated carbocycles. The van der Waals surface area contributed by atoms with E-state index in [1.54, 1.807) is 12.1 Å². The minimum absolute atomic E-state index is 0.112. The topological polar surface area (TPSA) is 121 Å². The number of anilines is 2. The van der Waals surface area contributed by atoms with Crippen LogP contribution in [0.4, 0.5) is 11.5 Å². The van der Waals surface area contributed by atoms with Gasteiger partial charge in [-0.2, -0.15) is 0 Å². The first-order valence-electron chi connectivity index (χ1n) is 12.1. The molecule has 1 atom stereocenters. The second-order valence-corrected chi connectivity index (χ2v) is 12.5. The van der Waals surface area contributed by atoms with Crippen molar-refractivity contribution in [2.45, 2.75) is 38.8 Å². The summed E-state index contributed by atoms with van der Waals surface area (Å²) in [7, 11) is -3.35. The predicted molar refractivity (Wildman–Crippen MR) is 148 cm³/mol. The van der Waals surface area contributed by atoms with E-state index in [2.05, 4.69) is 9.62 Å². The van der Waals surface area contributed by atoms with Crippen LogP contribution in [0.2, 0.25) is 10.0 Å². The quantitative estimate of drug-likeness (QED) is 0.420. The molecule has 1 spiro atoms. The second kappa shape index (κ2) is 9.71. The molecule has 2 aromatic carbocycles. The third-order valence-corrected chi connectivity index (χ3v) is 8.95. The maximum atomic E-state index is 11.7. The summed E-state index contributed by atoms with van der Waals surface area (Å²) in [5.41, 5.74) is 11.8. The number of hydrogen-bond acceptors (Lipinski definition) is 7. The molecule has 0 unspecified atom stereocenters. The van der Waals surface area contributed by atoms with Crippen LogP contribution in [0.5, 0.6) is 0 Å². The van der Waals surface area contributed by atoms with Gasteiger partial charge >= 0.3 is 0 Å². The number of aliphatic hydroxyl groups is 1. The van der Waals surface area contributed by atoms with Crippen molar-refractivity contribution in [2.75, 3.05) is 29.0 Å². The number of fused-ring (bicyclic) bond motifs is 1. The number of aliphatic hydroxyl groups excluding tert-OH is 1. The standard InChI is InChI=1S/C26H29Cl2N5O3S/c1-15-23(19-4-3-5-20(27)22(19)28)31-21(14-34)25(30-15)33-10-8-26(9-11-33)13-16-12-17(32-37(2,35)36)6-7-18(16)24(26)29/h3-7,12,24,32,34H,8-11,13-14,29H2,1-2H3/t24-/m1/s1. The maximum Gasteiger partial charge on any atom is 0.229 e. The van der Waals surface area contributed by atoms with E-state index in [0.717, 1.165) is 36.6 Å². The molecule has 3 aromatic rings. The molecule has 1 aliphatic heterocycles. The zero-order valence-electron chi connectivity index (χ0n) is 20.6. The van der Waals surface area contributed by atoms with E-state index in [1.165, 1.54) is 0 Å². The average Bonchev–Trinajstić information content (AvgIpc) is 3.10. The summed E-state index contributed by atoms with van der Waals surface area (Å²) in [5, 5.41) is 11.0. The number of piperidine rings is 1. The second-order valence-electron chi connectivity index (χ2n) is 9.98. The van der Waals surface area contributed by atoms with Gasteiger partial charge in [0.25, 0.3) is 0 Å². The summed E-state index contributed by atoms with van der Waals surface area (Å²) in [6.07, 6.45) is 3.61. The lowest BCUT2D eigenvalue weighted by Gasteiger charge is -2.43. The summed E-state index contributed by atoms with van der Waals surface area (Å²) in [6.45, 7) is 3.06. The van der Waals surface area contributed by atoms with Gasteiger partial charge in [0.05, 0.1) is 34.3 Å². The number of nitrogens with one attached hydrogen (secondary N) is 1. The number of hydrogen-bond donors (Lipinski definition) is 3. The highest BCUT2D eigenvalue weighted by Crippen LogP contribution is 2.51. The summed E-state index contributed by atoms with van der Waals surface area (Å²) >= 11 is 12.6. The predicted octanol–water partition coefficient (Wildman–Crippen LogP) is 4.47. The lowest BCUT2D eigenvalue weighted by molar-refractivity contribution is 0.186. The highest BCUT2D eigenvalue weighted by Gasteiger charge is 2.46. The fourth-order valence-electron chi connectivity index (χ4n) is 5.65. The summed E-state index contributed by atoms with van der Waals surface area (Å²) in [4.78, 5) is 11.7. The van der Waals surface area contributed by atoms with E-state index in [9.17, 15) is 13.5 Å². The van der Waals surface area contributed by atoms with Crippen LogP contribution < -0.4 is 15.4 Å². The number of rotatable bonds is 5. The normalized spacial score (nSPS) is 18.8. The molecule has 2 heterocycles. The van der Waals surface area contributed by atoms with Crippen LogP contribution in [0.1, 0.15) is 41.4 Å². The minimum Gasteiger partial charge on any atom is -0.390 e. The Bertz CT molecular complexity index is 1470. The van der Waals surface area contributed by atoms with Crippen molar-refractivity contribution in [1.29, 1.82) is 0 Å². The lowest BCUT2D eigenvalue weighted by Crippen LogP contribution is -2.45. The van der Waals surface area contributed by atoms with E-state index in [4.69, 9.17) is 38.9 Å². The Morgan fingerprint density at radius 3 is 2.59 bits per heavy atom. The number of aryl methyl sites for hydroxylation is 1. The van der Waals surface area contributed by atoms with Gasteiger partial charge in [0, 0.05) is 30.4 Å². The first-order valence-corrected chi connectivity index (χ1v) is 14.7. The molecule has 0 amide bonds. The highest BCUT2D eigenvalue weighted by atomic mass is 35.5. The number of nitrogens with zero attached hydrogens (tertiary/aromatic N) is 3. The van der Waals surface area contributed by atoms with Crippen molar-refractivity contribution >= 4 is 44.7 Å². The number of benzene rings is 2. The van der Waals surface area contributed by atoms with E-state index in [-0.39, 0.29) is 18.1 Å². The van der Waals surface area contributed by atoms with Gasteiger partial charge < -0.3 is 15.7 Å². The molecule has 4 N–H and O–H groups in total. The van der Waals surface area contributed by atoms with E-state index in [0.29, 0.717) is 57.3 Å². The molecule has 196 valence electrons. The van der Waals surface area contributed by atoms with Crippen molar-refractivity contribution in [3.8, 4) is 11.3 Å². The number of halogens is 2. The lowest BCUT2D eigenvalue weighted by atomic mass is 9.73. The van der Waals surface area contributed by atoms with Gasteiger partial charge in [0.1, 0.15) is 5.69 Å². The fourth-order valence-corrected chi connectivity index (χ4v) is 6.60. The maximum absolute atomic E-state index is 11.7. The zero-order chi connectivity index (χ0) is 26.5. The Balaban J connectivity index is 1.38. The van der Waals surface area contributed by atoms with Crippen LogP contribution in [0, 0.1) is 12.3 Å². The molecule has 5 rings (SSSR count). The zero-order valence-corrected chi connectivity index (χ0v) is 23.0. The molecular weight excluding hydrogens is 533 g/mol. The smallest absolute Gasteiger partial charge is 0.229 e. The SMILES string of the molecule is Cc1nc(N2CCC3(CC2)Cc2cc(NS(C)(=O)=O)ccc2[C@H]3N)c(CO)nc1-c1cccc(Cl)c1Cl. The van der Waals surface area contributed by atoms with Crippen LogP contribution in [0.25, 0.3) is 11.3 Å². The molecule has 1 aliphatic carbocycles. The minimum atomic E-state index is -3.35. The Morgan fingerprint density at radius 2 is 1.92 bits per heavy atom. The summed E-state index contributed by atoms with van der Waals surface area (Å²) < 4.78 is 25.9. The van der Waals surface area contributed by atoms with Gasteiger partial charge in [0.2, 0.25) is 10.0 Å². The monoisotopic (exact) mass is 561 g/mol. The molecule has 0 bridgehead atoms. The van der Waals surface area contributed by atoms with Crippen LogP contribution in [0.15, 0.2) is 36.4 Å². The van der Waals surface area contributed by atoms with Crippen molar-refractivity contribution < 1.29 is 13.5 Å². The van der Waals surface area contributed by atoms with Gasteiger partial charge in [-0.15, -0.1) is 0 Å². The number of sulfonamides is 1. The third kappa shape index (κ3) is 4.91. The Hall–Kier alpha value is -2.43. The Labute approximate surface area is 226 Å². The van der Waals surface area contributed by atoms with Gasteiger partial charge in [-0.05, 0) is 60.9 Å². The van der Waals surface area contributed by atoms with Crippen molar-refractivity contribution in [3.05, 3.63) is 69.0 Å². The molecule has 37 heavy (non-hydrogen) atoms.